The lowest BCUT2D eigenvalue weighted by atomic mass is 9.99. The molecule has 1 heterocycles. The van der Waals surface area contributed by atoms with Crippen LogP contribution in [0.3, 0.4) is 0 Å². The first-order chi connectivity index (χ1) is 14.0. The molecular weight excluding hydrogens is 368 g/mol. The van der Waals surface area contributed by atoms with Crippen LogP contribution in [-0.2, 0) is 4.79 Å². The summed E-state index contributed by atoms with van der Waals surface area (Å²) in [5, 5.41) is 5.48. The minimum Gasteiger partial charge on any atom is -0.484 e. The van der Waals surface area contributed by atoms with Gasteiger partial charge in [-0.05, 0) is 66.4 Å². The molecule has 150 valence electrons. The van der Waals surface area contributed by atoms with Crippen LogP contribution in [0.25, 0.3) is 0 Å². The molecule has 0 unspecified atom stereocenters. The predicted molar refractivity (Wildman–Crippen MR) is 112 cm³/mol. The number of carbonyl (C=O) groups excluding carboxylic acids is 2. The van der Waals surface area contributed by atoms with Gasteiger partial charge in [0.1, 0.15) is 5.75 Å². The van der Waals surface area contributed by atoms with Crippen LogP contribution in [0.4, 0.5) is 11.4 Å². The van der Waals surface area contributed by atoms with Crippen LogP contribution >= 0.6 is 0 Å². The van der Waals surface area contributed by atoms with Crippen LogP contribution in [0.5, 0.6) is 5.75 Å². The summed E-state index contributed by atoms with van der Waals surface area (Å²) in [6.45, 7) is 4.25. The Morgan fingerprint density at radius 3 is 2.21 bits per heavy atom. The maximum Gasteiger partial charge on any atom is 0.291 e. The van der Waals surface area contributed by atoms with Crippen molar-refractivity contribution in [1.29, 1.82) is 0 Å². The second kappa shape index (κ2) is 9.59. The van der Waals surface area contributed by atoms with Crippen LogP contribution in [0.1, 0.15) is 42.3 Å². The second-order valence-corrected chi connectivity index (χ2v) is 6.72. The van der Waals surface area contributed by atoms with Gasteiger partial charge in [0, 0.05) is 11.4 Å². The Morgan fingerprint density at radius 2 is 1.62 bits per heavy atom. The number of amides is 2. The fourth-order valence-electron chi connectivity index (χ4n) is 2.71. The molecule has 3 aromatic rings. The number of anilines is 2. The van der Waals surface area contributed by atoms with Crippen molar-refractivity contribution in [2.75, 3.05) is 17.2 Å². The Bertz CT molecular complexity index is 932. The molecule has 0 aliphatic heterocycles. The first kappa shape index (κ1) is 20.2. The molecule has 0 fully saturated rings. The summed E-state index contributed by atoms with van der Waals surface area (Å²) in [5.41, 5.74) is 2.47. The van der Waals surface area contributed by atoms with Gasteiger partial charge in [0.05, 0.1) is 6.26 Å². The van der Waals surface area contributed by atoms with Gasteiger partial charge >= 0.3 is 0 Å². The van der Waals surface area contributed by atoms with E-state index in [0.717, 1.165) is 6.42 Å². The third kappa shape index (κ3) is 5.72. The van der Waals surface area contributed by atoms with Crippen LogP contribution in [0, 0.1) is 0 Å². The fourth-order valence-corrected chi connectivity index (χ4v) is 2.71. The van der Waals surface area contributed by atoms with Gasteiger partial charge in [-0.15, -0.1) is 0 Å². The first-order valence-electron chi connectivity index (χ1n) is 9.52. The lowest BCUT2D eigenvalue weighted by Gasteiger charge is -2.11. The summed E-state index contributed by atoms with van der Waals surface area (Å²) in [5.74, 6) is 0.794. The maximum atomic E-state index is 12.1. The quantitative estimate of drug-likeness (QED) is 0.561. The number of furan rings is 1. The van der Waals surface area contributed by atoms with Gasteiger partial charge in [0.15, 0.2) is 12.4 Å². The van der Waals surface area contributed by atoms with Crippen molar-refractivity contribution >= 4 is 23.2 Å². The van der Waals surface area contributed by atoms with E-state index in [1.165, 1.54) is 11.8 Å². The topological polar surface area (TPSA) is 80.6 Å². The number of hydrogen-bond donors (Lipinski definition) is 2. The number of hydrogen-bond acceptors (Lipinski definition) is 4. The molecule has 0 aliphatic carbocycles. The highest BCUT2D eigenvalue weighted by atomic mass is 16.5. The standard InChI is InChI=1S/C23H24N2O4/c1-3-16(2)17-6-12-20(13-7-17)29-15-22(26)24-18-8-10-19(11-9-18)25-23(27)21-5-4-14-28-21/h4-14,16H,3,15H2,1-2H3,(H,24,26)(H,25,27)/t16-/m1/s1. The molecule has 3 rings (SSSR count). The SMILES string of the molecule is CC[C@@H](C)c1ccc(OCC(=O)Nc2ccc(NC(=O)c3ccco3)cc2)cc1. The van der Waals surface area contributed by atoms with Gasteiger partial charge < -0.3 is 19.8 Å². The zero-order valence-corrected chi connectivity index (χ0v) is 16.5. The molecule has 0 spiro atoms. The van der Waals surface area contributed by atoms with E-state index < -0.39 is 0 Å². The van der Waals surface area contributed by atoms with Crippen LogP contribution < -0.4 is 15.4 Å². The Labute approximate surface area is 169 Å². The van der Waals surface area contributed by atoms with E-state index in [-0.39, 0.29) is 24.2 Å². The molecule has 0 bridgehead atoms. The third-order valence-corrected chi connectivity index (χ3v) is 4.60. The van der Waals surface area contributed by atoms with Crippen LogP contribution in [0.15, 0.2) is 71.3 Å². The summed E-state index contributed by atoms with van der Waals surface area (Å²) in [4.78, 5) is 24.0. The molecule has 2 N–H and O–H groups in total. The molecule has 6 nitrogen and oxygen atoms in total. The summed E-state index contributed by atoms with van der Waals surface area (Å²) in [7, 11) is 0. The Balaban J connectivity index is 1.47. The Kier molecular flexibility index (Phi) is 6.68. The number of carbonyl (C=O) groups is 2. The van der Waals surface area contributed by atoms with Gasteiger partial charge in [0.25, 0.3) is 11.8 Å². The van der Waals surface area contributed by atoms with Crippen molar-refractivity contribution in [2.45, 2.75) is 26.2 Å². The highest BCUT2D eigenvalue weighted by molar-refractivity contribution is 6.02. The lowest BCUT2D eigenvalue weighted by Crippen LogP contribution is -2.20. The zero-order valence-electron chi connectivity index (χ0n) is 16.5. The molecule has 1 atom stereocenters. The van der Waals surface area contributed by atoms with Crippen LogP contribution in [0.2, 0.25) is 0 Å². The molecule has 0 saturated carbocycles. The Morgan fingerprint density at radius 1 is 0.966 bits per heavy atom. The maximum absolute atomic E-state index is 12.1. The van der Waals surface area contributed by atoms with E-state index in [1.807, 2.05) is 24.3 Å². The van der Waals surface area contributed by atoms with E-state index in [9.17, 15) is 9.59 Å². The molecule has 6 heteroatoms. The monoisotopic (exact) mass is 392 g/mol. The third-order valence-electron chi connectivity index (χ3n) is 4.60. The molecule has 2 amide bonds. The number of benzene rings is 2. The number of ether oxygens (including phenoxy) is 1. The van der Waals surface area contributed by atoms with Crippen molar-refractivity contribution in [3.05, 3.63) is 78.3 Å². The number of rotatable bonds is 8. The minimum absolute atomic E-state index is 0.0837. The van der Waals surface area contributed by atoms with Crippen molar-refractivity contribution in [3.8, 4) is 5.75 Å². The predicted octanol–water partition coefficient (Wildman–Crippen LogP) is 5.06. The average molecular weight is 392 g/mol. The molecule has 0 radical (unpaired) electrons. The van der Waals surface area contributed by atoms with Crippen LogP contribution in [-0.4, -0.2) is 18.4 Å². The smallest absolute Gasteiger partial charge is 0.291 e. The van der Waals surface area contributed by atoms with Crippen molar-refractivity contribution in [2.24, 2.45) is 0 Å². The Hall–Kier alpha value is -3.54. The summed E-state index contributed by atoms with van der Waals surface area (Å²) in [6.07, 6.45) is 2.52. The van der Waals surface area contributed by atoms with Crippen molar-refractivity contribution in [1.82, 2.24) is 0 Å². The summed E-state index contributed by atoms with van der Waals surface area (Å²) >= 11 is 0. The second-order valence-electron chi connectivity index (χ2n) is 6.72. The average Bonchev–Trinajstić information content (AvgIpc) is 3.28. The van der Waals surface area contributed by atoms with E-state index in [2.05, 4.69) is 24.5 Å². The van der Waals surface area contributed by atoms with E-state index >= 15 is 0 Å². The first-order valence-corrected chi connectivity index (χ1v) is 9.52. The van der Waals surface area contributed by atoms with Gasteiger partial charge in [-0.3, -0.25) is 9.59 Å². The van der Waals surface area contributed by atoms with E-state index in [1.54, 1.807) is 36.4 Å². The zero-order chi connectivity index (χ0) is 20.6. The highest BCUT2D eigenvalue weighted by Crippen LogP contribution is 2.21. The van der Waals surface area contributed by atoms with Gasteiger partial charge in [-0.2, -0.15) is 0 Å². The van der Waals surface area contributed by atoms with Gasteiger partial charge in [0.2, 0.25) is 0 Å². The molecular formula is C23H24N2O4. The van der Waals surface area contributed by atoms with Crippen molar-refractivity contribution in [3.63, 3.8) is 0 Å². The minimum atomic E-state index is -0.334. The van der Waals surface area contributed by atoms with Gasteiger partial charge in [-0.1, -0.05) is 26.0 Å². The van der Waals surface area contributed by atoms with Crippen molar-refractivity contribution < 1.29 is 18.7 Å². The molecule has 0 aliphatic rings. The highest BCUT2D eigenvalue weighted by Gasteiger charge is 2.09. The normalized spacial score (nSPS) is 11.5. The molecule has 0 saturated heterocycles. The fraction of sp³-hybridized carbons (Fsp3) is 0.217. The lowest BCUT2D eigenvalue weighted by molar-refractivity contribution is -0.118. The van der Waals surface area contributed by atoms with Gasteiger partial charge in [-0.25, -0.2) is 0 Å². The summed E-state index contributed by atoms with van der Waals surface area (Å²) < 4.78 is 10.6. The van der Waals surface area contributed by atoms with E-state index in [0.29, 0.717) is 23.0 Å². The largest absolute Gasteiger partial charge is 0.484 e. The van der Waals surface area contributed by atoms with E-state index in [4.69, 9.17) is 9.15 Å². The molecule has 29 heavy (non-hydrogen) atoms. The molecule has 2 aromatic carbocycles. The molecule has 1 aromatic heterocycles. The number of nitrogens with one attached hydrogen (secondary N) is 2. The summed E-state index contributed by atoms with van der Waals surface area (Å²) in [6, 6.07) is 17.9.